The minimum Gasteiger partial charge on any atom is -0.383 e. The van der Waals surface area contributed by atoms with Gasteiger partial charge in [0.05, 0.1) is 0 Å². The second kappa shape index (κ2) is 8.71. The number of aromatic nitrogens is 3. The van der Waals surface area contributed by atoms with Crippen molar-refractivity contribution in [2.24, 2.45) is 0 Å². The minimum atomic E-state index is -0.201. The molecular weight excluding hydrogens is 391 g/mol. The van der Waals surface area contributed by atoms with Gasteiger partial charge in [0.25, 0.3) is 0 Å². The van der Waals surface area contributed by atoms with E-state index in [-0.39, 0.29) is 5.82 Å². The maximum Gasteiger partial charge on any atom is 0.229 e. The topological polar surface area (TPSA) is 80.0 Å². The van der Waals surface area contributed by atoms with Gasteiger partial charge in [0.2, 0.25) is 5.95 Å². The van der Waals surface area contributed by atoms with Crippen molar-refractivity contribution in [1.29, 1.82) is 0 Å². The van der Waals surface area contributed by atoms with E-state index in [9.17, 15) is 4.39 Å². The molecule has 29 heavy (non-hydrogen) atoms. The number of nitrogens with zero attached hydrogens (tertiary/aromatic N) is 4. The zero-order valence-electron chi connectivity index (χ0n) is 15.9. The summed E-state index contributed by atoms with van der Waals surface area (Å²) in [6.07, 6.45) is 5.40. The van der Waals surface area contributed by atoms with Gasteiger partial charge in [0, 0.05) is 30.2 Å². The highest BCUT2D eigenvalue weighted by Crippen LogP contribution is 2.31. The molecule has 1 aliphatic heterocycles. The summed E-state index contributed by atoms with van der Waals surface area (Å²) in [4.78, 5) is 15.2. The number of likely N-dealkylation sites (tertiary alicyclic amines) is 1. The summed E-state index contributed by atoms with van der Waals surface area (Å²) in [5, 5.41) is 3.49. The highest BCUT2D eigenvalue weighted by molar-refractivity contribution is 6.29. The Morgan fingerprint density at radius 2 is 1.90 bits per heavy atom. The van der Waals surface area contributed by atoms with Gasteiger partial charge >= 0.3 is 0 Å². The number of halogens is 2. The van der Waals surface area contributed by atoms with Crippen molar-refractivity contribution in [3.63, 3.8) is 0 Å². The molecular formula is C21H22ClFN6. The summed E-state index contributed by atoms with van der Waals surface area (Å²) in [7, 11) is 0. The van der Waals surface area contributed by atoms with Crippen molar-refractivity contribution < 1.29 is 4.39 Å². The number of piperidine rings is 1. The molecule has 3 aromatic rings. The summed E-state index contributed by atoms with van der Waals surface area (Å²) in [6, 6.07) is 10.2. The van der Waals surface area contributed by atoms with E-state index in [0.29, 0.717) is 22.8 Å². The molecule has 2 aromatic heterocycles. The first-order chi connectivity index (χ1) is 14.1. The fourth-order valence-electron chi connectivity index (χ4n) is 3.64. The Kier molecular flexibility index (Phi) is 5.87. The first kappa shape index (κ1) is 19.5. The molecule has 1 saturated heterocycles. The van der Waals surface area contributed by atoms with Gasteiger partial charge in [0.15, 0.2) is 0 Å². The van der Waals surface area contributed by atoms with Gasteiger partial charge in [0.1, 0.15) is 16.8 Å². The van der Waals surface area contributed by atoms with Crippen molar-refractivity contribution >= 4 is 29.1 Å². The van der Waals surface area contributed by atoms with Gasteiger partial charge in [-0.1, -0.05) is 23.7 Å². The molecule has 0 bridgehead atoms. The fourth-order valence-corrected chi connectivity index (χ4v) is 3.81. The molecule has 0 amide bonds. The van der Waals surface area contributed by atoms with E-state index in [1.165, 1.54) is 12.1 Å². The fraction of sp³-hybridized carbons (Fsp3) is 0.286. The lowest BCUT2D eigenvalue weighted by molar-refractivity contribution is 0.204. The normalized spacial score (nSPS) is 15.4. The van der Waals surface area contributed by atoms with Crippen LogP contribution in [0.15, 0.2) is 48.8 Å². The number of nitrogen functional groups attached to an aromatic ring is 1. The lowest BCUT2D eigenvalue weighted by atomic mass is 9.90. The second-order valence-electron chi connectivity index (χ2n) is 7.20. The van der Waals surface area contributed by atoms with Crippen molar-refractivity contribution in [2.75, 3.05) is 24.1 Å². The lowest BCUT2D eigenvalue weighted by Crippen LogP contribution is -2.32. The van der Waals surface area contributed by atoms with Gasteiger partial charge in [-0.25, -0.2) is 14.4 Å². The van der Waals surface area contributed by atoms with Gasteiger partial charge in [-0.3, -0.25) is 4.90 Å². The number of benzene rings is 1. The molecule has 1 fully saturated rings. The maximum atomic E-state index is 13.1. The molecule has 0 radical (unpaired) electrons. The van der Waals surface area contributed by atoms with Crippen molar-refractivity contribution in [3.05, 3.63) is 70.9 Å². The van der Waals surface area contributed by atoms with Crippen molar-refractivity contribution in [1.82, 2.24) is 19.9 Å². The molecule has 3 N–H and O–H groups in total. The molecule has 0 aliphatic carbocycles. The van der Waals surface area contributed by atoms with Crippen molar-refractivity contribution in [3.8, 4) is 0 Å². The Labute approximate surface area is 174 Å². The zero-order valence-corrected chi connectivity index (χ0v) is 16.6. The number of nitrogens with two attached hydrogens (primary N) is 1. The molecule has 1 aromatic carbocycles. The molecule has 6 nitrogen and oxygen atoms in total. The first-order valence-electron chi connectivity index (χ1n) is 9.54. The molecule has 8 heteroatoms. The number of hydrogen-bond donors (Lipinski definition) is 2. The van der Waals surface area contributed by atoms with Crippen LogP contribution in [0.25, 0.3) is 0 Å². The van der Waals surface area contributed by atoms with Crippen LogP contribution in [0.1, 0.15) is 29.9 Å². The van der Waals surface area contributed by atoms with Crippen LogP contribution < -0.4 is 11.1 Å². The number of anilines is 3. The quantitative estimate of drug-likeness (QED) is 0.606. The Bertz CT molecular complexity index is 973. The van der Waals surface area contributed by atoms with E-state index in [1.807, 2.05) is 18.3 Å². The Morgan fingerprint density at radius 3 is 2.59 bits per heavy atom. The van der Waals surface area contributed by atoms with Crippen molar-refractivity contribution in [2.45, 2.75) is 25.3 Å². The van der Waals surface area contributed by atoms with E-state index in [1.54, 1.807) is 18.3 Å². The number of rotatable bonds is 5. The number of pyridine rings is 1. The smallest absolute Gasteiger partial charge is 0.229 e. The van der Waals surface area contributed by atoms with Gasteiger partial charge in [-0.2, -0.15) is 4.98 Å². The maximum absolute atomic E-state index is 13.1. The minimum absolute atomic E-state index is 0.201. The third kappa shape index (κ3) is 4.99. The molecule has 4 rings (SSSR count). The third-order valence-electron chi connectivity index (χ3n) is 5.18. The van der Waals surface area contributed by atoms with Gasteiger partial charge in [-0.05, 0) is 61.7 Å². The second-order valence-corrected chi connectivity index (χ2v) is 7.59. The molecule has 0 spiro atoms. The highest BCUT2D eigenvalue weighted by Gasteiger charge is 2.23. The Balaban J connectivity index is 1.36. The first-order valence-corrected chi connectivity index (χ1v) is 9.92. The summed E-state index contributed by atoms with van der Waals surface area (Å²) in [5.74, 6) is 1.07. The van der Waals surface area contributed by atoms with E-state index in [2.05, 4.69) is 25.2 Å². The number of hydrogen-bond acceptors (Lipinski definition) is 6. The van der Waals surface area contributed by atoms with Crippen LogP contribution in [0.5, 0.6) is 0 Å². The standard InChI is InChI=1S/C21H22ClFN6/c22-19-11-17(5-8-25-19)27-21-26-12-18(20(24)28-21)15-6-9-29(10-7-15)13-14-1-3-16(23)4-2-14/h1-5,8,11-12,15H,6-7,9-10,13H2,(H3,24,25,26,27,28). The van der Waals surface area contributed by atoms with E-state index in [4.69, 9.17) is 17.3 Å². The van der Waals surface area contributed by atoms with Gasteiger partial charge < -0.3 is 11.1 Å². The molecule has 1 aliphatic rings. The largest absolute Gasteiger partial charge is 0.383 e. The zero-order chi connectivity index (χ0) is 20.2. The molecule has 0 unspecified atom stereocenters. The molecule has 0 saturated carbocycles. The molecule has 3 heterocycles. The number of nitrogens with one attached hydrogen (secondary N) is 1. The third-order valence-corrected chi connectivity index (χ3v) is 5.38. The summed E-state index contributed by atoms with van der Waals surface area (Å²) < 4.78 is 13.1. The van der Waals surface area contributed by atoms with E-state index in [0.717, 1.165) is 49.3 Å². The van der Waals surface area contributed by atoms with E-state index < -0.39 is 0 Å². The lowest BCUT2D eigenvalue weighted by Gasteiger charge is -2.32. The van der Waals surface area contributed by atoms with Crippen LogP contribution in [-0.4, -0.2) is 32.9 Å². The predicted octanol–water partition coefficient (Wildman–Crippen LogP) is 4.37. The molecule has 150 valence electrons. The van der Waals surface area contributed by atoms with Crippen LogP contribution in [0.3, 0.4) is 0 Å². The predicted molar refractivity (Wildman–Crippen MR) is 113 cm³/mol. The van der Waals surface area contributed by atoms with Crippen LogP contribution in [-0.2, 0) is 6.54 Å². The van der Waals surface area contributed by atoms with Gasteiger partial charge in [-0.15, -0.1) is 0 Å². The summed E-state index contributed by atoms with van der Waals surface area (Å²) >= 11 is 5.90. The Morgan fingerprint density at radius 1 is 1.14 bits per heavy atom. The summed E-state index contributed by atoms with van der Waals surface area (Å²) in [5.41, 5.74) is 9.10. The SMILES string of the molecule is Nc1nc(Nc2ccnc(Cl)c2)ncc1C1CCN(Cc2ccc(F)cc2)CC1. The molecule has 0 atom stereocenters. The summed E-state index contributed by atoms with van der Waals surface area (Å²) in [6.45, 7) is 2.74. The van der Waals surface area contributed by atoms with Crippen LogP contribution in [0, 0.1) is 5.82 Å². The highest BCUT2D eigenvalue weighted by atomic mass is 35.5. The Hall–Kier alpha value is -2.77. The van der Waals surface area contributed by atoms with E-state index >= 15 is 0 Å². The monoisotopic (exact) mass is 412 g/mol. The average molecular weight is 413 g/mol. The van der Waals surface area contributed by atoms with Crippen LogP contribution in [0.2, 0.25) is 5.15 Å². The van der Waals surface area contributed by atoms with Crippen LogP contribution in [0.4, 0.5) is 21.8 Å². The average Bonchev–Trinajstić information content (AvgIpc) is 2.71. The van der Waals surface area contributed by atoms with Crippen LogP contribution >= 0.6 is 11.6 Å².